The number of methoxy groups -OCH3 is 1. The molecule has 32 heavy (non-hydrogen) atoms. The average Bonchev–Trinajstić information content (AvgIpc) is 2.85. The molecule has 2 aromatic carbocycles. The zero-order valence-electron chi connectivity index (χ0n) is 18.5. The highest BCUT2D eigenvalue weighted by Gasteiger charge is 2.25. The molecule has 0 fully saturated rings. The third-order valence-corrected chi connectivity index (χ3v) is 5.34. The third kappa shape index (κ3) is 6.67. The van der Waals surface area contributed by atoms with E-state index in [4.69, 9.17) is 4.74 Å². The number of hydrogen-bond acceptors (Lipinski definition) is 4. The normalized spacial score (nSPS) is 11.4. The molecule has 1 N–H and O–H groups in total. The van der Waals surface area contributed by atoms with Gasteiger partial charge in [0.05, 0.1) is 7.11 Å². The first-order chi connectivity index (χ1) is 15.6. The molecule has 0 radical (unpaired) electrons. The second kappa shape index (κ2) is 11.6. The molecule has 0 aliphatic heterocycles. The maximum Gasteiger partial charge on any atom is 0.242 e. The van der Waals surface area contributed by atoms with Crippen LogP contribution in [0.5, 0.6) is 5.75 Å². The number of nitrogens with one attached hydrogen (secondary N) is 1. The van der Waals surface area contributed by atoms with Gasteiger partial charge in [0.15, 0.2) is 0 Å². The largest absolute Gasteiger partial charge is 0.497 e. The van der Waals surface area contributed by atoms with E-state index in [1.807, 2.05) is 66.7 Å². The minimum Gasteiger partial charge on any atom is -0.497 e. The molecule has 3 aromatic rings. The zero-order chi connectivity index (χ0) is 22.8. The average molecular weight is 432 g/mol. The van der Waals surface area contributed by atoms with E-state index in [-0.39, 0.29) is 11.8 Å². The van der Waals surface area contributed by atoms with Crippen molar-refractivity contribution >= 4 is 11.8 Å². The van der Waals surface area contributed by atoms with E-state index < -0.39 is 6.04 Å². The highest BCUT2D eigenvalue weighted by Crippen LogP contribution is 2.16. The van der Waals surface area contributed by atoms with Crippen molar-refractivity contribution in [2.45, 2.75) is 38.9 Å². The SMILES string of the molecule is COc1ccc(CN(C(=O)CCc2ccccc2)[C@H](C)C(=O)NCc2cccnc2)cc1. The van der Waals surface area contributed by atoms with Crippen LogP contribution in [0, 0.1) is 0 Å². The molecular weight excluding hydrogens is 402 g/mol. The number of aromatic nitrogens is 1. The summed E-state index contributed by atoms with van der Waals surface area (Å²) in [6, 6.07) is 20.5. The van der Waals surface area contributed by atoms with Crippen molar-refractivity contribution in [1.29, 1.82) is 0 Å². The van der Waals surface area contributed by atoms with Crippen LogP contribution in [0.2, 0.25) is 0 Å². The van der Waals surface area contributed by atoms with Crippen molar-refractivity contribution in [2.24, 2.45) is 0 Å². The molecule has 0 saturated heterocycles. The summed E-state index contributed by atoms with van der Waals surface area (Å²) in [7, 11) is 1.61. The maximum atomic E-state index is 13.2. The summed E-state index contributed by atoms with van der Waals surface area (Å²) in [6.07, 6.45) is 4.37. The molecule has 1 heterocycles. The summed E-state index contributed by atoms with van der Waals surface area (Å²) in [4.78, 5) is 31.8. The van der Waals surface area contributed by atoms with E-state index in [9.17, 15) is 9.59 Å². The van der Waals surface area contributed by atoms with Crippen LogP contribution in [0.15, 0.2) is 79.1 Å². The van der Waals surface area contributed by atoms with Gasteiger partial charge in [-0.3, -0.25) is 14.6 Å². The number of aryl methyl sites for hydroxylation is 1. The highest BCUT2D eigenvalue weighted by atomic mass is 16.5. The van der Waals surface area contributed by atoms with Crippen LogP contribution in [0.25, 0.3) is 0 Å². The van der Waals surface area contributed by atoms with E-state index in [2.05, 4.69) is 10.3 Å². The fourth-order valence-corrected chi connectivity index (χ4v) is 3.39. The van der Waals surface area contributed by atoms with Gasteiger partial charge >= 0.3 is 0 Å². The monoisotopic (exact) mass is 431 g/mol. The van der Waals surface area contributed by atoms with Gasteiger partial charge in [-0.2, -0.15) is 0 Å². The lowest BCUT2D eigenvalue weighted by Crippen LogP contribution is -2.47. The zero-order valence-corrected chi connectivity index (χ0v) is 18.5. The Balaban J connectivity index is 1.69. The van der Waals surface area contributed by atoms with Gasteiger partial charge < -0.3 is 15.0 Å². The van der Waals surface area contributed by atoms with Gasteiger partial charge in [-0.1, -0.05) is 48.5 Å². The lowest BCUT2D eigenvalue weighted by atomic mass is 10.1. The van der Waals surface area contributed by atoms with Crippen LogP contribution < -0.4 is 10.1 Å². The standard InChI is InChI=1S/C26H29N3O3/c1-20(26(31)28-18-23-9-6-16-27-17-23)29(19-22-10-13-24(32-2)14-11-22)25(30)15-12-21-7-4-3-5-8-21/h3-11,13-14,16-17,20H,12,15,18-19H2,1-2H3,(H,28,31)/t20-/m1/s1. The Labute approximate surface area is 189 Å². The Morgan fingerprint density at radius 2 is 1.69 bits per heavy atom. The van der Waals surface area contributed by atoms with E-state index in [1.54, 1.807) is 31.3 Å². The predicted octanol–water partition coefficient (Wildman–Crippen LogP) is 3.76. The predicted molar refractivity (Wildman–Crippen MR) is 124 cm³/mol. The molecule has 0 bridgehead atoms. The fraction of sp³-hybridized carbons (Fsp3) is 0.269. The Hall–Kier alpha value is -3.67. The van der Waals surface area contributed by atoms with Crippen molar-refractivity contribution in [1.82, 2.24) is 15.2 Å². The van der Waals surface area contributed by atoms with Crippen molar-refractivity contribution in [3.05, 3.63) is 95.8 Å². The number of benzene rings is 2. The van der Waals surface area contributed by atoms with Crippen LogP contribution in [0.4, 0.5) is 0 Å². The molecular formula is C26H29N3O3. The molecule has 6 nitrogen and oxygen atoms in total. The van der Waals surface area contributed by atoms with Crippen LogP contribution in [-0.4, -0.2) is 34.8 Å². The molecule has 0 unspecified atom stereocenters. The van der Waals surface area contributed by atoms with Crippen LogP contribution >= 0.6 is 0 Å². The smallest absolute Gasteiger partial charge is 0.242 e. The molecule has 0 spiro atoms. The lowest BCUT2D eigenvalue weighted by Gasteiger charge is -2.29. The first-order valence-electron chi connectivity index (χ1n) is 10.7. The van der Waals surface area contributed by atoms with Crippen molar-refractivity contribution in [3.8, 4) is 5.75 Å². The Morgan fingerprint density at radius 1 is 0.969 bits per heavy atom. The third-order valence-electron chi connectivity index (χ3n) is 5.34. The minimum atomic E-state index is -0.614. The van der Waals surface area contributed by atoms with E-state index >= 15 is 0 Å². The molecule has 1 atom stereocenters. The Kier molecular flexibility index (Phi) is 8.37. The number of carbonyl (C=O) groups excluding carboxylic acids is 2. The summed E-state index contributed by atoms with van der Waals surface area (Å²) in [5.74, 6) is 0.488. The first-order valence-corrected chi connectivity index (χ1v) is 10.7. The van der Waals surface area contributed by atoms with Crippen LogP contribution in [-0.2, 0) is 29.1 Å². The molecule has 166 valence electrons. The molecule has 1 aromatic heterocycles. The van der Waals surface area contributed by atoms with Crippen LogP contribution in [0.3, 0.4) is 0 Å². The summed E-state index contributed by atoms with van der Waals surface area (Å²) < 4.78 is 5.22. The molecule has 2 amide bonds. The number of carbonyl (C=O) groups is 2. The minimum absolute atomic E-state index is 0.0614. The second-order valence-electron chi connectivity index (χ2n) is 7.61. The molecule has 3 rings (SSSR count). The highest BCUT2D eigenvalue weighted by molar-refractivity contribution is 5.87. The topological polar surface area (TPSA) is 71.5 Å². The number of nitrogens with zero attached hydrogens (tertiary/aromatic N) is 2. The van der Waals surface area contributed by atoms with Crippen LogP contribution in [0.1, 0.15) is 30.0 Å². The molecule has 6 heteroatoms. The lowest BCUT2D eigenvalue weighted by molar-refractivity contribution is -0.140. The number of rotatable bonds is 10. The Morgan fingerprint density at radius 3 is 2.34 bits per heavy atom. The quantitative estimate of drug-likeness (QED) is 0.531. The van der Waals surface area contributed by atoms with Crippen molar-refractivity contribution < 1.29 is 14.3 Å². The van der Waals surface area contributed by atoms with E-state index in [0.29, 0.717) is 25.9 Å². The van der Waals surface area contributed by atoms with Crippen molar-refractivity contribution in [2.75, 3.05) is 7.11 Å². The molecule has 0 aliphatic carbocycles. The number of ether oxygens (including phenoxy) is 1. The van der Waals surface area contributed by atoms with Gasteiger partial charge in [0.2, 0.25) is 11.8 Å². The van der Waals surface area contributed by atoms with Gasteiger partial charge in [-0.05, 0) is 48.2 Å². The maximum absolute atomic E-state index is 13.2. The van der Waals surface area contributed by atoms with Gasteiger partial charge in [-0.25, -0.2) is 0 Å². The summed E-state index contributed by atoms with van der Waals surface area (Å²) >= 11 is 0. The molecule has 0 saturated carbocycles. The summed E-state index contributed by atoms with van der Waals surface area (Å²) in [6.45, 7) is 2.48. The summed E-state index contributed by atoms with van der Waals surface area (Å²) in [5, 5.41) is 2.92. The second-order valence-corrected chi connectivity index (χ2v) is 7.61. The Bertz CT molecular complexity index is 992. The number of pyridine rings is 1. The van der Waals surface area contributed by atoms with Gasteiger partial charge in [0.1, 0.15) is 11.8 Å². The number of amides is 2. The molecule has 0 aliphatic rings. The van der Waals surface area contributed by atoms with E-state index in [1.165, 1.54) is 0 Å². The first kappa shape index (κ1) is 23.0. The van der Waals surface area contributed by atoms with Crippen molar-refractivity contribution in [3.63, 3.8) is 0 Å². The van der Waals surface area contributed by atoms with E-state index in [0.717, 1.165) is 22.4 Å². The van der Waals surface area contributed by atoms with Gasteiger partial charge in [0, 0.05) is 31.9 Å². The fourth-order valence-electron chi connectivity index (χ4n) is 3.39. The number of hydrogen-bond donors (Lipinski definition) is 1. The summed E-state index contributed by atoms with van der Waals surface area (Å²) in [5.41, 5.74) is 2.94. The van der Waals surface area contributed by atoms with Gasteiger partial charge in [-0.15, -0.1) is 0 Å². The van der Waals surface area contributed by atoms with Gasteiger partial charge in [0.25, 0.3) is 0 Å².